The molecule has 0 aliphatic carbocycles. The van der Waals surface area contributed by atoms with Crippen molar-refractivity contribution in [2.45, 2.75) is 150 Å². The first-order chi connectivity index (χ1) is 41.9. The maximum atomic E-state index is 2.23. The molecule has 5 aromatic carbocycles. The van der Waals surface area contributed by atoms with E-state index in [0.717, 1.165) is 6.54 Å². The van der Waals surface area contributed by atoms with Crippen molar-refractivity contribution in [3.05, 3.63) is 152 Å². The summed E-state index contributed by atoms with van der Waals surface area (Å²) in [4.78, 5) is 15.7. The molecule has 10 N–H and O–H groups in total. The van der Waals surface area contributed by atoms with Gasteiger partial charge in [0.1, 0.15) is 28.4 Å². The van der Waals surface area contributed by atoms with Gasteiger partial charge >= 0.3 is 0 Å². The predicted octanol–water partition coefficient (Wildman–Crippen LogP) is 4.70. The fourth-order valence-corrected chi connectivity index (χ4v) is 8.30. The van der Waals surface area contributed by atoms with E-state index in [2.05, 4.69) is 320 Å². The Kier molecular flexibility index (Phi) is 72.7. The van der Waals surface area contributed by atoms with Crippen molar-refractivity contribution in [3.8, 4) is 0 Å². The molecular formula is C77H154N10+10. The second-order valence-electron chi connectivity index (χ2n) is 23.0. The fraction of sp³-hybridized carbons (Fsp3) is 0.610. The monoisotopic (exact) mass is 1220 g/mol. The number of hydrogen-bond acceptors (Lipinski definition) is 0. The van der Waals surface area contributed by atoms with E-state index < -0.39 is 0 Å². The quantitative estimate of drug-likeness (QED) is 0.0364. The Morgan fingerprint density at radius 2 is 0.391 bits per heavy atom. The lowest BCUT2D eigenvalue weighted by Crippen LogP contribution is -3.08. The van der Waals surface area contributed by atoms with Gasteiger partial charge < -0.3 is 49.0 Å². The number of benzene rings is 5. The SMILES string of the molecule is CCC[NH+](C)CC.CCC[NH+](C)CC.CCC[NH+](CC)c1ccccc1.CCC[NH+](CC)c1ccccc1.CC[NH+](C)C.CC[NH+](C)CC.CC[NH+](C)CC.CC[NH+](C)c1ccccc1.CC[NH+](CC)c1ccccc1.CC[NH+](CC)c1ccccc1. The Morgan fingerprint density at radius 1 is 0.195 bits per heavy atom. The molecule has 0 saturated heterocycles. The zero-order valence-corrected chi connectivity index (χ0v) is 62.5. The van der Waals surface area contributed by atoms with Crippen molar-refractivity contribution < 1.29 is 49.0 Å². The molecule has 0 fully saturated rings. The summed E-state index contributed by atoms with van der Waals surface area (Å²) in [6, 6.07) is 53.2. The van der Waals surface area contributed by atoms with Crippen molar-refractivity contribution >= 4 is 28.4 Å². The zero-order valence-electron chi connectivity index (χ0n) is 62.5. The van der Waals surface area contributed by atoms with E-state index in [-0.39, 0.29) is 0 Å². The third kappa shape index (κ3) is 56.7. The normalized spacial score (nSPS) is 11.9. The number of quaternary nitrogens is 10. The van der Waals surface area contributed by atoms with Crippen LogP contribution in [0.1, 0.15) is 150 Å². The Hall–Kier alpha value is -4.30. The highest BCUT2D eigenvalue weighted by Crippen LogP contribution is 2.01. The van der Waals surface area contributed by atoms with Crippen molar-refractivity contribution in [1.82, 2.24) is 0 Å². The summed E-state index contributed by atoms with van der Waals surface area (Å²) in [7, 11) is 15.3. The van der Waals surface area contributed by atoms with Gasteiger partial charge in [0.05, 0.1) is 167 Å². The minimum absolute atomic E-state index is 1.14. The molecule has 0 saturated carbocycles. The molecule has 87 heavy (non-hydrogen) atoms. The Labute approximate surface area is 543 Å². The molecule has 5 aromatic rings. The van der Waals surface area contributed by atoms with Crippen molar-refractivity contribution in [1.29, 1.82) is 0 Å². The summed E-state index contributed by atoms with van der Waals surface area (Å²) in [5.74, 6) is 0. The number of rotatable bonds is 27. The number of hydrogen-bond donors (Lipinski definition) is 10. The van der Waals surface area contributed by atoms with Gasteiger partial charge in [-0.1, -0.05) is 119 Å². The standard InChI is InChI=1S/2C11H17N.2C10H15N.C9H13N.2C6H15N.2C5H13N.C4H11N/c2*1-3-10-12(4-2)11-8-6-5-7-9-11;2*1-3-11(4-2)10-8-6-5-7-9-10;1-3-10(2)9-7-5-4-6-8-9;2*1-4-6-7(3)5-2;2*1-4-6(3)5-2;1-4-5(2)3/h2*5-9H,3-4,10H2,1-2H3;2*5-9H,3-4H2,1-2H3;4-8H,3H2,1-2H3;2*4-6H2,1-3H3;2*4-5H2,1-3H3;4H2,1-3H3/p+10. The van der Waals surface area contributed by atoms with E-state index in [1.54, 1.807) is 39.2 Å². The van der Waals surface area contributed by atoms with Crippen LogP contribution in [0.3, 0.4) is 0 Å². The van der Waals surface area contributed by atoms with Crippen LogP contribution >= 0.6 is 0 Å². The molecule has 0 amide bonds. The molecule has 0 spiro atoms. The van der Waals surface area contributed by atoms with E-state index in [1.807, 2.05) is 6.07 Å². The molecular weight excluding hydrogens is 1060 g/mol. The molecule has 0 heterocycles. The zero-order chi connectivity index (χ0) is 66.9. The van der Waals surface area contributed by atoms with Gasteiger partial charge in [-0.05, 0) is 183 Å². The van der Waals surface area contributed by atoms with Crippen LogP contribution in [-0.2, 0) is 0 Å². The summed E-state index contributed by atoms with van der Waals surface area (Å²) in [6.07, 6.45) is 5.11. The Morgan fingerprint density at radius 3 is 0.529 bits per heavy atom. The topological polar surface area (TPSA) is 44.4 Å². The van der Waals surface area contributed by atoms with Gasteiger partial charge in [-0.25, -0.2) is 0 Å². The van der Waals surface area contributed by atoms with Gasteiger partial charge in [-0.3, -0.25) is 0 Å². The summed E-state index contributed by atoms with van der Waals surface area (Å²) in [5, 5.41) is 0. The third-order valence-electron chi connectivity index (χ3n) is 15.9. The maximum Gasteiger partial charge on any atom is 0.131 e. The van der Waals surface area contributed by atoms with Crippen LogP contribution in [0.4, 0.5) is 28.4 Å². The van der Waals surface area contributed by atoms with Gasteiger partial charge in [0, 0.05) is 0 Å². The van der Waals surface area contributed by atoms with E-state index in [0.29, 0.717) is 0 Å². The molecule has 5 rings (SSSR count). The molecule has 10 nitrogen and oxygen atoms in total. The van der Waals surface area contributed by atoms with Crippen LogP contribution in [0.15, 0.2) is 152 Å². The van der Waals surface area contributed by atoms with Crippen LogP contribution in [0, 0.1) is 0 Å². The second-order valence-corrected chi connectivity index (χ2v) is 23.0. The smallest absolute Gasteiger partial charge is 0.131 e. The second kappa shape index (κ2) is 69.2. The summed E-state index contributed by atoms with van der Waals surface area (Å²) in [5.41, 5.74) is 7.00. The third-order valence-corrected chi connectivity index (χ3v) is 15.9. The van der Waals surface area contributed by atoms with Crippen LogP contribution in [0.2, 0.25) is 0 Å². The highest BCUT2D eigenvalue weighted by Gasteiger charge is 2.08. The highest BCUT2D eigenvalue weighted by atomic mass is 15.1. The highest BCUT2D eigenvalue weighted by molar-refractivity contribution is 5.30. The van der Waals surface area contributed by atoms with Crippen LogP contribution in [-0.4, -0.2) is 167 Å². The summed E-state index contributed by atoms with van der Waals surface area (Å²) < 4.78 is 0. The Balaban J connectivity index is -0.000000290. The van der Waals surface area contributed by atoms with Gasteiger partial charge in [-0.2, -0.15) is 0 Å². The first-order valence-electron chi connectivity index (χ1n) is 35.4. The first kappa shape index (κ1) is 91.4. The minimum atomic E-state index is 1.14. The lowest BCUT2D eigenvalue weighted by molar-refractivity contribution is -0.877. The average molecular weight is 1220 g/mol. The van der Waals surface area contributed by atoms with E-state index in [1.165, 1.54) is 175 Å². The molecule has 502 valence electrons. The van der Waals surface area contributed by atoms with E-state index >= 15 is 0 Å². The minimum Gasteiger partial charge on any atom is -0.340 e. The van der Waals surface area contributed by atoms with Gasteiger partial charge in [-0.15, -0.1) is 0 Å². The molecule has 0 aromatic heterocycles. The molecule has 5 unspecified atom stereocenters. The molecule has 5 atom stereocenters. The van der Waals surface area contributed by atoms with Gasteiger partial charge in [0.15, 0.2) is 0 Å². The van der Waals surface area contributed by atoms with Crippen LogP contribution < -0.4 is 49.0 Å². The lowest BCUT2D eigenvalue weighted by atomic mass is 10.3. The molecule has 0 aliphatic heterocycles. The van der Waals surface area contributed by atoms with E-state index in [4.69, 9.17) is 0 Å². The fourth-order valence-electron chi connectivity index (χ4n) is 8.30. The first-order valence-corrected chi connectivity index (χ1v) is 35.4. The van der Waals surface area contributed by atoms with Crippen molar-refractivity contribution in [2.24, 2.45) is 0 Å². The number of nitrogens with one attached hydrogen (secondary N) is 10. The van der Waals surface area contributed by atoms with Crippen molar-refractivity contribution in [2.75, 3.05) is 167 Å². The molecule has 0 radical (unpaired) electrons. The molecule has 0 aliphatic rings. The van der Waals surface area contributed by atoms with Crippen molar-refractivity contribution in [3.63, 3.8) is 0 Å². The summed E-state index contributed by atoms with van der Waals surface area (Å²) >= 11 is 0. The average Bonchev–Trinajstić information content (AvgIpc) is 3.67. The van der Waals surface area contributed by atoms with Crippen LogP contribution in [0.5, 0.6) is 0 Å². The summed E-state index contributed by atoms with van der Waals surface area (Å²) in [6.45, 7) is 61.8. The number of para-hydroxylation sites is 5. The molecule has 0 bridgehead atoms. The lowest BCUT2D eigenvalue weighted by Gasteiger charge is -2.15. The predicted molar refractivity (Wildman–Crippen MR) is 390 cm³/mol. The van der Waals surface area contributed by atoms with Gasteiger partial charge in [0.25, 0.3) is 0 Å². The van der Waals surface area contributed by atoms with E-state index in [9.17, 15) is 0 Å². The van der Waals surface area contributed by atoms with Gasteiger partial charge in [0.2, 0.25) is 0 Å². The van der Waals surface area contributed by atoms with Crippen LogP contribution in [0.25, 0.3) is 0 Å². The maximum absolute atomic E-state index is 2.23. The molecule has 10 heteroatoms. The largest absolute Gasteiger partial charge is 0.340 e. The Bertz CT molecular complexity index is 1860.